The van der Waals surface area contributed by atoms with Gasteiger partial charge in [0.05, 0.1) is 17.4 Å². The van der Waals surface area contributed by atoms with Crippen LogP contribution in [0, 0.1) is 13.8 Å². The van der Waals surface area contributed by atoms with Crippen molar-refractivity contribution in [3.8, 4) is 5.75 Å². The first-order valence-electron chi connectivity index (χ1n) is 11.7. The normalized spacial score (nSPS) is 17.5. The molecule has 2 aromatic rings. The maximum atomic E-state index is 13.8. The highest BCUT2D eigenvalue weighted by Gasteiger charge is 2.43. The Morgan fingerprint density at radius 1 is 0.909 bits per heavy atom. The Balaban J connectivity index is 1.74. The maximum Gasteiger partial charge on any atom is 0.282 e. The first kappa shape index (κ1) is 23.1. The van der Waals surface area contributed by atoms with Crippen molar-refractivity contribution in [2.75, 3.05) is 37.6 Å². The van der Waals surface area contributed by atoms with Crippen molar-refractivity contribution in [3.05, 3.63) is 64.9 Å². The predicted octanol–water partition coefficient (Wildman–Crippen LogP) is 4.01. The summed E-state index contributed by atoms with van der Waals surface area (Å²) in [5.41, 5.74) is 4.54. The Hall–Kier alpha value is -3.12. The SMILES string of the molecule is CCN1CCN(C2=C(c3ccc(C)cc3C)C(=O)N(c3ccc(OC(C)C)cc3)C2=O)CC1. The molecule has 0 N–H and O–H groups in total. The summed E-state index contributed by atoms with van der Waals surface area (Å²) in [6, 6.07) is 13.2. The van der Waals surface area contributed by atoms with E-state index in [1.807, 2.05) is 52.0 Å². The van der Waals surface area contributed by atoms with Crippen LogP contribution >= 0.6 is 0 Å². The van der Waals surface area contributed by atoms with E-state index in [2.05, 4.69) is 22.8 Å². The lowest BCUT2D eigenvalue weighted by Gasteiger charge is -2.36. The first-order valence-corrected chi connectivity index (χ1v) is 11.7. The fourth-order valence-electron chi connectivity index (χ4n) is 4.62. The molecular formula is C27H33N3O3. The van der Waals surface area contributed by atoms with Gasteiger partial charge in [0.2, 0.25) is 0 Å². The van der Waals surface area contributed by atoms with Gasteiger partial charge in [-0.05, 0) is 69.6 Å². The number of ether oxygens (including phenoxy) is 1. The number of hydrogen-bond donors (Lipinski definition) is 0. The zero-order chi connectivity index (χ0) is 23.7. The van der Waals surface area contributed by atoms with E-state index in [9.17, 15) is 9.59 Å². The van der Waals surface area contributed by atoms with Crippen LogP contribution in [0.4, 0.5) is 5.69 Å². The summed E-state index contributed by atoms with van der Waals surface area (Å²) in [7, 11) is 0. The average molecular weight is 448 g/mol. The topological polar surface area (TPSA) is 53.1 Å². The number of anilines is 1. The third kappa shape index (κ3) is 4.53. The van der Waals surface area contributed by atoms with Gasteiger partial charge in [-0.15, -0.1) is 0 Å². The molecule has 2 heterocycles. The van der Waals surface area contributed by atoms with Crippen molar-refractivity contribution in [1.82, 2.24) is 9.80 Å². The van der Waals surface area contributed by atoms with E-state index >= 15 is 0 Å². The third-order valence-corrected chi connectivity index (χ3v) is 6.31. The van der Waals surface area contributed by atoms with Crippen LogP contribution in [0.2, 0.25) is 0 Å². The van der Waals surface area contributed by atoms with Crippen molar-refractivity contribution in [2.45, 2.75) is 40.7 Å². The zero-order valence-electron chi connectivity index (χ0n) is 20.2. The molecule has 2 aliphatic rings. The second-order valence-corrected chi connectivity index (χ2v) is 9.07. The summed E-state index contributed by atoms with van der Waals surface area (Å²) in [5.74, 6) is 0.196. The molecule has 0 unspecified atom stereocenters. The summed E-state index contributed by atoms with van der Waals surface area (Å²) >= 11 is 0. The smallest absolute Gasteiger partial charge is 0.282 e. The highest BCUT2D eigenvalue weighted by molar-refractivity contribution is 6.45. The second-order valence-electron chi connectivity index (χ2n) is 9.07. The van der Waals surface area contributed by atoms with Crippen molar-refractivity contribution in [2.24, 2.45) is 0 Å². The molecular weight excluding hydrogens is 414 g/mol. The number of rotatable bonds is 6. The number of hydrogen-bond acceptors (Lipinski definition) is 5. The number of imide groups is 1. The number of benzene rings is 2. The minimum atomic E-state index is -0.266. The van der Waals surface area contributed by atoms with Gasteiger partial charge in [0.25, 0.3) is 11.8 Å². The molecule has 33 heavy (non-hydrogen) atoms. The molecule has 174 valence electrons. The Morgan fingerprint density at radius 2 is 1.58 bits per heavy atom. The Kier molecular flexibility index (Phi) is 6.56. The van der Waals surface area contributed by atoms with Crippen molar-refractivity contribution in [3.63, 3.8) is 0 Å². The van der Waals surface area contributed by atoms with Crippen LogP contribution in [0.1, 0.15) is 37.5 Å². The molecule has 0 aliphatic carbocycles. The minimum absolute atomic E-state index is 0.0528. The summed E-state index contributed by atoms with van der Waals surface area (Å²) < 4.78 is 5.73. The van der Waals surface area contributed by atoms with E-state index in [1.54, 1.807) is 12.1 Å². The van der Waals surface area contributed by atoms with Crippen molar-refractivity contribution < 1.29 is 14.3 Å². The molecule has 1 fully saturated rings. The van der Waals surface area contributed by atoms with E-state index in [4.69, 9.17) is 4.74 Å². The van der Waals surface area contributed by atoms with Crippen molar-refractivity contribution in [1.29, 1.82) is 0 Å². The van der Waals surface area contributed by atoms with Crippen LogP contribution < -0.4 is 9.64 Å². The molecule has 2 aromatic carbocycles. The van der Waals surface area contributed by atoms with Crippen LogP contribution in [-0.4, -0.2) is 60.4 Å². The van der Waals surface area contributed by atoms with Crippen LogP contribution in [0.15, 0.2) is 48.2 Å². The largest absolute Gasteiger partial charge is 0.491 e. The van der Waals surface area contributed by atoms with Gasteiger partial charge in [-0.2, -0.15) is 0 Å². The van der Waals surface area contributed by atoms with Gasteiger partial charge in [0.1, 0.15) is 11.4 Å². The number of carbonyl (C=O) groups is 2. The van der Waals surface area contributed by atoms with Gasteiger partial charge < -0.3 is 14.5 Å². The van der Waals surface area contributed by atoms with Crippen LogP contribution in [0.25, 0.3) is 5.57 Å². The molecule has 4 rings (SSSR count). The molecule has 6 heteroatoms. The summed E-state index contributed by atoms with van der Waals surface area (Å²) in [6.07, 6.45) is 0.0528. The number of piperazine rings is 1. The van der Waals surface area contributed by atoms with E-state index in [0.717, 1.165) is 49.4 Å². The van der Waals surface area contributed by atoms with E-state index in [1.165, 1.54) is 4.90 Å². The monoisotopic (exact) mass is 447 g/mol. The quantitative estimate of drug-likeness (QED) is 0.627. The molecule has 0 radical (unpaired) electrons. The molecule has 1 saturated heterocycles. The fraction of sp³-hybridized carbons (Fsp3) is 0.407. The standard InChI is InChI=1S/C27H33N3O3/c1-6-28-13-15-29(16-14-28)25-24(23-12-7-19(4)17-20(23)5)26(31)30(27(25)32)21-8-10-22(11-9-21)33-18(2)3/h7-12,17-18H,6,13-16H2,1-5H3. The van der Waals surface area contributed by atoms with E-state index in [0.29, 0.717) is 22.7 Å². The summed E-state index contributed by atoms with van der Waals surface area (Å²) in [6.45, 7) is 14.3. The summed E-state index contributed by atoms with van der Waals surface area (Å²) in [5, 5.41) is 0. The number of nitrogens with zero attached hydrogens (tertiary/aromatic N) is 3. The maximum absolute atomic E-state index is 13.8. The number of likely N-dealkylation sites (N-methyl/N-ethyl adjacent to an activating group) is 1. The highest BCUT2D eigenvalue weighted by Crippen LogP contribution is 2.37. The van der Waals surface area contributed by atoms with Gasteiger partial charge in [-0.1, -0.05) is 30.7 Å². The van der Waals surface area contributed by atoms with Crippen LogP contribution in [0.5, 0.6) is 5.75 Å². The molecule has 2 aliphatic heterocycles. The average Bonchev–Trinajstić information content (AvgIpc) is 3.04. The third-order valence-electron chi connectivity index (χ3n) is 6.31. The Labute approximate surface area is 196 Å². The molecule has 6 nitrogen and oxygen atoms in total. The van der Waals surface area contributed by atoms with Gasteiger partial charge >= 0.3 is 0 Å². The molecule has 0 saturated carbocycles. The molecule has 0 aromatic heterocycles. The lowest BCUT2D eigenvalue weighted by atomic mass is 9.97. The van der Waals surface area contributed by atoms with Crippen LogP contribution in [0.3, 0.4) is 0 Å². The highest BCUT2D eigenvalue weighted by atomic mass is 16.5. The van der Waals surface area contributed by atoms with E-state index in [-0.39, 0.29) is 17.9 Å². The summed E-state index contributed by atoms with van der Waals surface area (Å²) in [4.78, 5) is 33.3. The van der Waals surface area contributed by atoms with E-state index < -0.39 is 0 Å². The molecule has 0 spiro atoms. The van der Waals surface area contributed by atoms with Gasteiger partial charge in [0.15, 0.2) is 0 Å². The molecule has 2 amide bonds. The first-order chi connectivity index (χ1) is 15.8. The molecule has 0 atom stereocenters. The number of aryl methyl sites for hydroxylation is 2. The zero-order valence-corrected chi connectivity index (χ0v) is 20.2. The number of carbonyl (C=O) groups excluding carboxylic acids is 2. The Morgan fingerprint density at radius 3 is 2.15 bits per heavy atom. The van der Waals surface area contributed by atoms with Crippen molar-refractivity contribution >= 4 is 23.1 Å². The number of amides is 2. The van der Waals surface area contributed by atoms with Gasteiger partial charge in [0, 0.05) is 26.2 Å². The Bertz CT molecular complexity index is 1080. The lowest BCUT2D eigenvalue weighted by molar-refractivity contribution is -0.120. The van der Waals surface area contributed by atoms with Crippen LogP contribution in [-0.2, 0) is 9.59 Å². The predicted molar refractivity (Wildman–Crippen MR) is 131 cm³/mol. The van der Waals surface area contributed by atoms with Gasteiger partial charge in [-0.25, -0.2) is 4.90 Å². The molecule has 0 bridgehead atoms. The minimum Gasteiger partial charge on any atom is -0.491 e. The van der Waals surface area contributed by atoms with Gasteiger partial charge in [-0.3, -0.25) is 9.59 Å². The lowest BCUT2D eigenvalue weighted by Crippen LogP contribution is -2.47. The fourth-order valence-corrected chi connectivity index (χ4v) is 4.62. The second kappa shape index (κ2) is 9.40.